The van der Waals surface area contributed by atoms with E-state index in [4.69, 9.17) is 20.0 Å². The summed E-state index contributed by atoms with van der Waals surface area (Å²) >= 11 is 0. The molecule has 5 aliphatic rings. The van der Waals surface area contributed by atoms with Gasteiger partial charge in [0.1, 0.15) is 23.6 Å². The molecule has 0 amide bonds. The summed E-state index contributed by atoms with van der Waals surface area (Å²) in [5.41, 5.74) is 7.70. The molecule has 0 N–H and O–H groups in total. The number of aliphatic imine (C=N–C) groups is 4. The minimum atomic E-state index is 0.228. The van der Waals surface area contributed by atoms with Crippen molar-refractivity contribution >= 4 is 24.9 Å². The maximum absolute atomic E-state index is 4.96. The van der Waals surface area contributed by atoms with Crippen LogP contribution in [-0.4, -0.2) is 49.0 Å². The number of hydrogen-bond acceptors (Lipinski definition) is 4. The van der Waals surface area contributed by atoms with Gasteiger partial charge in [0.15, 0.2) is 0 Å². The molecule has 0 unspecified atom stereocenters. The molecule has 162 valence electrons. The fourth-order valence-corrected chi connectivity index (χ4v) is 5.00. The Balaban J connectivity index is 1.50. The first-order chi connectivity index (χ1) is 15.8. The molecule has 32 heavy (non-hydrogen) atoms. The number of hydrogen-bond donors (Lipinski definition) is 0. The third-order valence-electron chi connectivity index (χ3n) is 6.81. The first kappa shape index (κ1) is 20.9. The Labute approximate surface area is 191 Å². The lowest BCUT2D eigenvalue weighted by Gasteiger charge is -2.25. The largest absolute Gasteiger partial charge is 0.287 e. The zero-order chi connectivity index (χ0) is 21.6. The zero-order valence-electron chi connectivity index (χ0n) is 18.7. The summed E-state index contributed by atoms with van der Waals surface area (Å²) in [6, 6.07) is 0.931. The second kappa shape index (κ2) is 10.1. The number of fused-ring (bicyclic) bond motifs is 3. The molecule has 0 aromatic rings. The van der Waals surface area contributed by atoms with Gasteiger partial charge in [0.05, 0.1) is 24.2 Å². The average molecular weight is 424 g/mol. The van der Waals surface area contributed by atoms with E-state index in [0.717, 1.165) is 54.4 Å². The van der Waals surface area contributed by atoms with Crippen molar-refractivity contribution in [2.75, 3.05) is 0 Å². The topological polar surface area (TPSA) is 49.4 Å². The minimum absolute atomic E-state index is 0.228. The van der Waals surface area contributed by atoms with E-state index in [1.165, 1.54) is 25.7 Å². The van der Waals surface area contributed by atoms with Crippen LogP contribution >= 0.6 is 0 Å². The van der Waals surface area contributed by atoms with Crippen LogP contribution in [0.5, 0.6) is 0 Å². The van der Waals surface area contributed by atoms with Gasteiger partial charge < -0.3 is 0 Å². The predicted molar refractivity (Wildman–Crippen MR) is 134 cm³/mol. The first-order valence-electron chi connectivity index (χ1n) is 12.1. The molecule has 4 nitrogen and oxygen atoms in total. The van der Waals surface area contributed by atoms with Gasteiger partial charge in [-0.25, -0.2) is 9.98 Å². The van der Waals surface area contributed by atoms with Crippen molar-refractivity contribution in [1.82, 2.24) is 0 Å². The third-order valence-corrected chi connectivity index (χ3v) is 6.81. The molecule has 0 spiro atoms. The summed E-state index contributed by atoms with van der Waals surface area (Å²) in [6.07, 6.45) is 32.1. The van der Waals surface area contributed by atoms with E-state index < -0.39 is 0 Å². The van der Waals surface area contributed by atoms with Gasteiger partial charge in [0.25, 0.3) is 0 Å². The van der Waals surface area contributed by atoms with Crippen molar-refractivity contribution in [2.24, 2.45) is 20.0 Å². The summed E-state index contributed by atoms with van der Waals surface area (Å²) in [7, 11) is 0. The van der Waals surface area contributed by atoms with Gasteiger partial charge in [-0.2, -0.15) is 0 Å². The first-order valence-corrected chi connectivity index (χ1v) is 12.1. The summed E-state index contributed by atoms with van der Waals surface area (Å²) < 4.78 is 0. The average Bonchev–Trinajstić information content (AvgIpc) is 2.85. The lowest BCUT2D eigenvalue weighted by atomic mass is 9.90. The molecule has 5 rings (SSSR count). The van der Waals surface area contributed by atoms with Gasteiger partial charge in [-0.05, 0) is 38.2 Å². The lowest BCUT2D eigenvalue weighted by molar-refractivity contribution is 0.390. The van der Waals surface area contributed by atoms with Crippen LogP contribution in [0.1, 0.15) is 57.8 Å². The summed E-state index contributed by atoms with van der Waals surface area (Å²) in [6.45, 7) is 0. The Kier molecular flexibility index (Phi) is 6.63. The molecular formula is C28H31N4+. The molecule has 0 aromatic heterocycles. The van der Waals surface area contributed by atoms with E-state index in [0.29, 0.717) is 0 Å². The van der Waals surface area contributed by atoms with Crippen molar-refractivity contribution in [1.29, 1.82) is 0 Å². The molecule has 4 bridgehead atoms. The van der Waals surface area contributed by atoms with Gasteiger partial charge in [-0.3, -0.25) is 9.98 Å². The van der Waals surface area contributed by atoms with Crippen molar-refractivity contribution in [3.8, 4) is 0 Å². The van der Waals surface area contributed by atoms with Crippen LogP contribution in [0, 0.1) is 6.08 Å². The Morgan fingerprint density at radius 3 is 2.06 bits per heavy atom. The van der Waals surface area contributed by atoms with E-state index >= 15 is 0 Å². The van der Waals surface area contributed by atoms with E-state index in [2.05, 4.69) is 42.2 Å². The van der Waals surface area contributed by atoms with E-state index in [9.17, 15) is 0 Å². The van der Waals surface area contributed by atoms with Crippen LogP contribution in [-0.2, 0) is 0 Å². The van der Waals surface area contributed by atoms with Gasteiger partial charge in [-0.15, -0.1) is 5.73 Å². The van der Waals surface area contributed by atoms with E-state index in [-0.39, 0.29) is 24.2 Å². The highest BCUT2D eigenvalue weighted by atomic mass is 14.9. The highest BCUT2D eigenvalue weighted by molar-refractivity contribution is 5.90. The van der Waals surface area contributed by atoms with Gasteiger partial charge in [0.2, 0.25) is 0 Å². The molecule has 0 radical (unpaired) electrons. The molecule has 2 saturated carbocycles. The van der Waals surface area contributed by atoms with Crippen LogP contribution in [0.2, 0.25) is 0 Å². The summed E-state index contributed by atoms with van der Waals surface area (Å²) in [5.74, 6) is 0. The Bertz CT molecular complexity index is 1020. The molecule has 1 aliphatic heterocycles. The quantitative estimate of drug-likeness (QED) is 0.363. The molecule has 1 heterocycles. The maximum atomic E-state index is 4.96. The summed E-state index contributed by atoms with van der Waals surface area (Å²) in [5, 5.41) is 0. The maximum Gasteiger partial charge on any atom is 0.141 e. The molecule has 4 heteroatoms. The van der Waals surface area contributed by atoms with Crippen LogP contribution in [0.4, 0.5) is 0 Å². The van der Waals surface area contributed by atoms with Crippen LogP contribution in [0.25, 0.3) is 0 Å². The number of nitrogens with zero attached hydrogens (tertiary/aromatic N) is 4. The molecule has 0 saturated heterocycles. The van der Waals surface area contributed by atoms with Crippen LogP contribution in [0.15, 0.2) is 78.4 Å². The fraction of sp³-hybridized carbons (Fsp3) is 0.464. The molecule has 0 aromatic carbocycles. The van der Waals surface area contributed by atoms with Crippen molar-refractivity contribution < 1.29 is 0 Å². The highest BCUT2D eigenvalue weighted by Gasteiger charge is 2.25. The van der Waals surface area contributed by atoms with Crippen molar-refractivity contribution in [2.45, 2.75) is 82.0 Å². The van der Waals surface area contributed by atoms with Gasteiger partial charge in [-0.1, -0.05) is 31.8 Å². The van der Waals surface area contributed by atoms with Gasteiger partial charge in [0, 0.05) is 47.9 Å². The Hall–Kier alpha value is -2.93. The normalized spacial score (nSPS) is 31.8. The van der Waals surface area contributed by atoms with Crippen LogP contribution < -0.4 is 0 Å². The zero-order valence-corrected chi connectivity index (χ0v) is 18.7. The number of allylic oxidation sites excluding steroid dienone is 9. The predicted octanol–water partition coefficient (Wildman–Crippen LogP) is 5.54. The van der Waals surface area contributed by atoms with Crippen molar-refractivity contribution in [3.05, 3.63) is 64.5 Å². The molecular weight excluding hydrogens is 392 g/mol. The van der Waals surface area contributed by atoms with Crippen molar-refractivity contribution in [3.63, 3.8) is 0 Å². The Morgan fingerprint density at radius 2 is 1.34 bits per heavy atom. The van der Waals surface area contributed by atoms with Gasteiger partial charge >= 0.3 is 0 Å². The second-order valence-corrected chi connectivity index (χ2v) is 9.22. The lowest BCUT2D eigenvalue weighted by Crippen LogP contribution is -2.27. The monoisotopic (exact) mass is 423 g/mol. The Morgan fingerprint density at radius 1 is 0.719 bits per heavy atom. The minimum Gasteiger partial charge on any atom is -0.287 e. The highest BCUT2D eigenvalue weighted by Crippen LogP contribution is 2.26. The third kappa shape index (κ3) is 5.27. The summed E-state index contributed by atoms with van der Waals surface area (Å²) in [4.78, 5) is 19.8. The smallest absolute Gasteiger partial charge is 0.141 e. The van der Waals surface area contributed by atoms with Crippen LogP contribution in [0.3, 0.4) is 0 Å². The van der Waals surface area contributed by atoms with E-state index in [1.807, 2.05) is 24.9 Å². The molecule has 2 fully saturated rings. The standard InChI is InChI=1S/C28H31N4/c1-2-12-26-25(11-1)29-17-21-7-5-9-23(15-21)19-31-27-13-3-4-14-28(27)32-20-24-10-6-8-22(16-24)18-30-26/h5-9,17-20,25-28H,1-4,10-14H2/q+1/t25-,26-,27-,28-/m1/s1. The molecule has 4 aliphatic carbocycles. The fourth-order valence-electron chi connectivity index (χ4n) is 5.00. The second-order valence-electron chi connectivity index (χ2n) is 9.22. The SMILES string of the molecule is C1=C2C=CCC=1C=N[C@@H]1CCCC[C@H]1N=CC1=[C+]C(=CC=C1)C=N[C@@H]1CCCC[C@H]1N=C2. The number of rotatable bonds is 0. The molecule has 4 atom stereocenters. The van der Waals surface area contributed by atoms with E-state index in [1.54, 1.807) is 0 Å².